The standard InChI is InChI=1S/C12H14N6O3/c1-18-7-15-10(17-18)2-3-14-12(21)16-9-4-8(11(19)20)5-13-6-9/h4-7H,2-3H2,1H3,(H,19,20)(H2,14,16,21). The minimum Gasteiger partial charge on any atom is -0.478 e. The molecule has 2 aromatic heterocycles. The predicted molar refractivity (Wildman–Crippen MR) is 72.9 cm³/mol. The van der Waals surface area contributed by atoms with Crippen LogP contribution in [0, 0.1) is 0 Å². The van der Waals surface area contributed by atoms with Crippen LogP contribution in [0.5, 0.6) is 0 Å². The van der Waals surface area contributed by atoms with E-state index >= 15 is 0 Å². The smallest absolute Gasteiger partial charge is 0.337 e. The van der Waals surface area contributed by atoms with Gasteiger partial charge in [-0.05, 0) is 6.07 Å². The second-order valence-corrected chi connectivity index (χ2v) is 4.23. The highest BCUT2D eigenvalue weighted by Crippen LogP contribution is 2.07. The van der Waals surface area contributed by atoms with Crippen LogP contribution in [0.25, 0.3) is 0 Å². The molecule has 3 N–H and O–H groups in total. The van der Waals surface area contributed by atoms with E-state index in [0.29, 0.717) is 24.5 Å². The van der Waals surface area contributed by atoms with E-state index < -0.39 is 12.0 Å². The van der Waals surface area contributed by atoms with Crippen LogP contribution in [-0.2, 0) is 13.5 Å². The van der Waals surface area contributed by atoms with Gasteiger partial charge in [0.15, 0.2) is 5.82 Å². The number of amides is 2. The molecule has 0 aromatic carbocycles. The Kier molecular flexibility index (Phi) is 4.44. The summed E-state index contributed by atoms with van der Waals surface area (Å²) in [5, 5.41) is 18.0. The average Bonchev–Trinajstić information content (AvgIpc) is 2.84. The summed E-state index contributed by atoms with van der Waals surface area (Å²) in [6.45, 7) is 0.363. The largest absolute Gasteiger partial charge is 0.478 e. The van der Waals surface area contributed by atoms with E-state index in [1.54, 1.807) is 18.1 Å². The summed E-state index contributed by atoms with van der Waals surface area (Å²) in [6.07, 6.45) is 4.66. The number of carboxylic acid groups (broad SMARTS) is 1. The molecule has 0 unspecified atom stereocenters. The van der Waals surface area contributed by atoms with E-state index in [9.17, 15) is 9.59 Å². The third-order valence-electron chi connectivity index (χ3n) is 2.52. The number of nitrogens with one attached hydrogen (secondary N) is 2. The molecule has 0 aliphatic rings. The highest BCUT2D eigenvalue weighted by molar-refractivity contribution is 5.92. The van der Waals surface area contributed by atoms with E-state index in [1.165, 1.54) is 18.5 Å². The Labute approximate surface area is 120 Å². The summed E-state index contributed by atoms with van der Waals surface area (Å²) >= 11 is 0. The van der Waals surface area contributed by atoms with Crippen LogP contribution >= 0.6 is 0 Å². The topological polar surface area (TPSA) is 122 Å². The lowest BCUT2D eigenvalue weighted by Crippen LogP contribution is -2.30. The molecule has 0 atom stereocenters. The SMILES string of the molecule is Cn1cnc(CCNC(=O)Nc2cncc(C(=O)O)c2)n1. The van der Waals surface area contributed by atoms with Crippen LogP contribution in [0.3, 0.4) is 0 Å². The van der Waals surface area contributed by atoms with Crippen molar-refractivity contribution in [1.82, 2.24) is 25.1 Å². The first-order valence-electron chi connectivity index (χ1n) is 6.12. The second kappa shape index (κ2) is 6.46. The van der Waals surface area contributed by atoms with Crippen molar-refractivity contribution in [2.24, 2.45) is 7.05 Å². The second-order valence-electron chi connectivity index (χ2n) is 4.23. The van der Waals surface area contributed by atoms with Gasteiger partial charge >= 0.3 is 12.0 Å². The molecule has 0 saturated carbocycles. The van der Waals surface area contributed by atoms with Gasteiger partial charge in [-0.15, -0.1) is 0 Å². The number of carbonyl (C=O) groups is 2. The zero-order chi connectivity index (χ0) is 15.2. The van der Waals surface area contributed by atoms with Gasteiger partial charge in [0.05, 0.1) is 17.4 Å². The van der Waals surface area contributed by atoms with Crippen molar-refractivity contribution in [2.45, 2.75) is 6.42 Å². The van der Waals surface area contributed by atoms with Crippen molar-refractivity contribution < 1.29 is 14.7 Å². The molecule has 2 aromatic rings. The molecule has 21 heavy (non-hydrogen) atoms. The lowest BCUT2D eigenvalue weighted by atomic mass is 10.2. The molecule has 0 radical (unpaired) electrons. The number of carboxylic acids is 1. The van der Waals surface area contributed by atoms with E-state index in [0.717, 1.165) is 0 Å². The molecule has 110 valence electrons. The summed E-state index contributed by atoms with van der Waals surface area (Å²) in [7, 11) is 1.76. The zero-order valence-corrected chi connectivity index (χ0v) is 11.3. The number of rotatable bonds is 5. The Morgan fingerprint density at radius 2 is 2.19 bits per heavy atom. The molecule has 2 amide bonds. The molecule has 0 aliphatic carbocycles. The molecule has 0 bridgehead atoms. The lowest BCUT2D eigenvalue weighted by molar-refractivity contribution is 0.0696. The highest BCUT2D eigenvalue weighted by Gasteiger charge is 2.07. The predicted octanol–water partition coefficient (Wildman–Crippen LogP) is 0.272. The Morgan fingerprint density at radius 1 is 1.38 bits per heavy atom. The summed E-state index contributed by atoms with van der Waals surface area (Å²) < 4.78 is 1.58. The van der Waals surface area contributed by atoms with E-state index in [4.69, 9.17) is 5.11 Å². The number of hydrogen-bond acceptors (Lipinski definition) is 5. The minimum absolute atomic E-state index is 0.00508. The normalized spacial score (nSPS) is 10.1. The van der Waals surface area contributed by atoms with Gasteiger partial charge in [-0.25, -0.2) is 14.6 Å². The van der Waals surface area contributed by atoms with Crippen molar-refractivity contribution in [3.63, 3.8) is 0 Å². The van der Waals surface area contributed by atoms with Gasteiger partial charge in [-0.1, -0.05) is 0 Å². The Bertz CT molecular complexity index is 654. The van der Waals surface area contributed by atoms with Gasteiger partial charge in [-0.3, -0.25) is 9.67 Å². The third kappa shape index (κ3) is 4.27. The lowest BCUT2D eigenvalue weighted by Gasteiger charge is -2.06. The maximum atomic E-state index is 11.6. The number of nitrogens with zero attached hydrogens (tertiary/aromatic N) is 4. The maximum Gasteiger partial charge on any atom is 0.337 e. The number of hydrogen-bond donors (Lipinski definition) is 3. The highest BCUT2D eigenvalue weighted by atomic mass is 16.4. The van der Waals surface area contributed by atoms with E-state index in [2.05, 4.69) is 25.7 Å². The molecule has 0 saturated heterocycles. The maximum absolute atomic E-state index is 11.6. The third-order valence-corrected chi connectivity index (χ3v) is 2.52. The van der Waals surface area contributed by atoms with Crippen LogP contribution in [0.15, 0.2) is 24.8 Å². The quantitative estimate of drug-likeness (QED) is 0.726. The monoisotopic (exact) mass is 290 g/mol. The van der Waals surface area contributed by atoms with Crippen LogP contribution in [0.1, 0.15) is 16.2 Å². The number of anilines is 1. The summed E-state index contributed by atoms with van der Waals surface area (Å²) in [5.41, 5.74) is 0.314. The summed E-state index contributed by atoms with van der Waals surface area (Å²) in [4.78, 5) is 30.2. The van der Waals surface area contributed by atoms with Crippen LogP contribution in [-0.4, -0.2) is 43.4 Å². The molecule has 0 spiro atoms. The molecule has 2 heterocycles. The van der Waals surface area contributed by atoms with Crippen LogP contribution in [0.2, 0.25) is 0 Å². The first-order chi connectivity index (χ1) is 10.0. The Balaban J connectivity index is 1.81. The van der Waals surface area contributed by atoms with Crippen molar-refractivity contribution in [3.8, 4) is 0 Å². The minimum atomic E-state index is -1.10. The van der Waals surface area contributed by atoms with Gasteiger partial charge in [0.1, 0.15) is 6.33 Å². The van der Waals surface area contributed by atoms with E-state index in [-0.39, 0.29) is 5.56 Å². The van der Waals surface area contributed by atoms with Crippen LogP contribution < -0.4 is 10.6 Å². The number of carbonyl (C=O) groups excluding carboxylic acids is 1. The van der Waals surface area contributed by atoms with Crippen molar-refractivity contribution in [2.75, 3.05) is 11.9 Å². The molecule has 9 heteroatoms. The van der Waals surface area contributed by atoms with Gasteiger partial charge in [0, 0.05) is 26.2 Å². The van der Waals surface area contributed by atoms with Crippen molar-refractivity contribution >= 4 is 17.7 Å². The fourth-order valence-corrected chi connectivity index (χ4v) is 1.59. The fourth-order valence-electron chi connectivity index (χ4n) is 1.59. The fraction of sp³-hybridized carbons (Fsp3) is 0.250. The van der Waals surface area contributed by atoms with E-state index in [1.807, 2.05) is 0 Å². The van der Waals surface area contributed by atoms with Gasteiger partial charge in [0.2, 0.25) is 0 Å². The van der Waals surface area contributed by atoms with Gasteiger partial charge in [0.25, 0.3) is 0 Å². The first-order valence-corrected chi connectivity index (χ1v) is 6.12. The molecular formula is C12H14N6O3. The molecular weight excluding hydrogens is 276 g/mol. The zero-order valence-electron chi connectivity index (χ0n) is 11.3. The van der Waals surface area contributed by atoms with Crippen molar-refractivity contribution in [1.29, 1.82) is 0 Å². The Morgan fingerprint density at radius 3 is 2.86 bits per heavy atom. The molecule has 0 aliphatic heterocycles. The van der Waals surface area contributed by atoms with Gasteiger partial charge < -0.3 is 15.7 Å². The number of aromatic nitrogens is 4. The molecule has 2 rings (SSSR count). The summed E-state index contributed by atoms with van der Waals surface area (Å²) in [5.74, 6) is -0.472. The average molecular weight is 290 g/mol. The van der Waals surface area contributed by atoms with Gasteiger partial charge in [-0.2, -0.15) is 5.10 Å². The Hall–Kier alpha value is -2.97. The number of aromatic carboxylic acids is 1. The van der Waals surface area contributed by atoms with Crippen molar-refractivity contribution in [3.05, 3.63) is 36.2 Å². The number of pyridine rings is 1. The van der Waals surface area contributed by atoms with Crippen LogP contribution in [0.4, 0.5) is 10.5 Å². The first kappa shape index (κ1) is 14.4. The number of aryl methyl sites for hydroxylation is 1. The molecule has 9 nitrogen and oxygen atoms in total. The number of urea groups is 1. The summed E-state index contributed by atoms with van der Waals surface area (Å²) in [6, 6.07) is 0.880. The molecule has 0 fully saturated rings.